The highest BCUT2D eigenvalue weighted by Gasteiger charge is 2.39. The minimum Gasteiger partial charge on any atom is -0.453 e. The average Bonchev–Trinajstić information content (AvgIpc) is 3.23. The van der Waals surface area contributed by atoms with E-state index in [4.69, 9.17) is 9.47 Å². The van der Waals surface area contributed by atoms with E-state index in [1.54, 1.807) is 0 Å². The number of fused-ring (bicyclic) bond motifs is 4. The predicted molar refractivity (Wildman–Crippen MR) is 224 cm³/mol. The van der Waals surface area contributed by atoms with Crippen LogP contribution in [0.15, 0.2) is 146 Å². The second-order valence-corrected chi connectivity index (χ2v) is 14.7. The lowest BCUT2D eigenvalue weighted by molar-refractivity contribution is 0.476. The molecule has 0 saturated carbocycles. The molecule has 0 atom stereocenters. The summed E-state index contributed by atoms with van der Waals surface area (Å²) in [5.74, 6) is 3.09. The van der Waals surface area contributed by atoms with Crippen molar-refractivity contribution >= 4 is 34.1 Å². The van der Waals surface area contributed by atoms with Crippen LogP contribution in [0.25, 0.3) is 22.3 Å². The molecular formula is C50H38N4O2. The molecule has 2 aliphatic rings. The molecule has 2 aliphatic heterocycles. The second-order valence-electron chi connectivity index (χ2n) is 14.7. The van der Waals surface area contributed by atoms with Crippen molar-refractivity contribution in [2.45, 2.75) is 39.5 Å². The van der Waals surface area contributed by atoms with E-state index >= 15 is 0 Å². The van der Waals surface area contributed by atoms with Gasteiger partial charge in [-0.05, 0) is 107 Å². The van der Waals surface area contributed by atoms with Crippen LogP contribution in [-0.2, 0) is 0 Å². The number of anilines is 6. The molecule has 2 heterocycles. The number of benzene rings is 7. The number of nitrogens with zero attached hydrogens (tertiary/aromatic N) is 4. The summed E-state index contributed by atoms with van der Waals surface area (Å²) >= 11 is 0. The molecule has 270 valence electrons. The van der Waals surface area contributed by atoms with Gasteiger partial charge >= 0.3 is 0 Å². The summed E-state index contributed by atoms with van der Waals surface area (Å²) in [6.45, 7) is 9.06. The van der Waals surface area contributed by atoms with Crippen molar-refractivity contribution in [1.29, 1.82) is 10.5 Å². The SMILES string of the molecule is CC(C)c1c(-c2ccc(C#N)cc2)c(N2c3ccccc3Oc3ccccc32)c(-c2ccc(C#N)cc2)c(C(C)C)c1N1c2ccccc2Oc2ccccc21. The fourth-order valence-corrected chi connectivity index (χ4v) is 8.25. The Morgan fingerprint density at radius 2 is 0.714 bits per heavy atom. The normalized spacial score (nSPS) is 12.4. The van der Waals surface area contributed by atoms with Crippen LogP contribution in [0.4, 0.5) is 34.1 Å². The Morgan fingerprint density at radius 3 is 1.02 bits per heavy atom. The number of nitriles is 2. The lowest BCUT2D eigenvalue weighted by Gasteiger charge is -2.42. The number of rotatable bonds is 6. The van der Waals surface area contributed by atoms with E-state index in [1.807, 2.05) is 72.8 Å². The summed E-state index contributed by atoms with van der Waals surface area (Å²) in [6, 6.07) is 53.4. The van der Waals surface area contributed by atoms with Crippen LogP contribution >= 0.6 is 0 Å². The molecule has 0 saturated heterocycles. The van der Waals surface area contributed by atoms with Crippen LogP contribution in [0, 0.1) is 22.7 Å². The first-order valence-electron chi connectivity index (χ1n) is 18.9. The van der Waals surface area contributed by atoms with Gasteiger partial charge in [-0.3, -0.25) is 0 Å². The number of hydrogen-bond acceptors (Lipinski definition) is 6. The van der Waals surface area contributed by atoms with Gasteiger partial charge in [0.05, 0.1) is 57.4 Å². The summed E-state index contributed by atoms with van der Waals surface area (Å²) in [4.78, 5) is 4.75. The lowest BCUT2D eigenvalue weighted by Crippen LogP contribution is -2.24. The lowest BCUT2D eigenvalue weighted by atomic mass is 9.78. The quantitative estimate of drug-likeness (QED) is 0.170. The molecule has 0 amide bonds. The van der Waals surface area contributed by atoms with Crippen LogP contribution in [0.1, 0.15) is 61.8 Å². The second kappa shape index (κ2) is 13.9. The summed E-state index contributed by atoms with van der Waals surface area (Å²) in [7, 11) is 0. The van der Waals surface area contributed by atoms with Crippen molar-refractivity contribution in [3.8, 4) is 57.4 Å². The highest BCUT2D eigenvalue weighted by atomic mass is 16.5. The fourth-order valence-electron chi connectivity index (χ4n) is 8.25. The average molecular weight is 727 g/mol. The van der Waals surface area contributed by atoms with Gasteiger partial charge in [0, 0.05) is 11.1 Å². The monoisotopic (exact) mass is 726 g/mol. The topological polar surface area (TPSA) is 72.5 Å². The maximum Gasteiger partial charge on any atom is 0.151 e. The van der Waals surface area contributed by atoms with Crippen LogP contribution < -0.4 is 19.3 Å². The van der Waals surface area contributed by atoms with Crippen molar-refractivity contribution in [3.05, 3.63) is 168 Å². The molecule has 6 heteroatoms. The molecule has 0 aliphatic carbocycles. The van der Waals surface area contributed by atoms with Gasteiger partial charge in [-0.2, -0.15) is 10.5 Å². The molecule has 6 nitrogen and oxygen atoms in total. The third-order valence-corrected chi connectivity index (χ3v) is 10.6. The Morgan fingerprint density at radius 1 is 0.411 bits per heavy atom. The van der Waals surface area contributed by atoms with E-state index in [9.17, 15) is 10.5 Å². The van der Waals surface area contributed by atoms with Gasteiger partial charge in [-0.25, -0.2) is 0 Å². The first-order chi connectivity index (χ1) is 27.4. The molecule has 7 aromatic carbocycles. The molecule has 0 unspecified atom stereocenters. The minimum absolute atomic E-state index is 0.0237. The van der Waals surface area contributed by atoms with Crippen molar-refractivity contribution in [3.63, 3.8) is 0 Å². The van der Waals surface area contributed by atoms with Gasteiger partial charge in [0.15, 0.2) is 23.0 Å². The summed E-state index contributed by atoms with van der Waals surface area (Å²) in [5.41, 5.74) is 13.3. The Hall–Kier alpha value is -7.28. The molecule has 9 rings (SSSR count). The van der Waals surface area contributed by atoms with Gasteiger partial charge in [0.25, 0.3) is 0 Å². The van der Waals surface area contributed by atoms with Crippen molar-refractivity contribution in [2.24, 2.45) is 0 Å². The molecule has 0 N–H and O–H groups in total. The number of para-hydroxylation sites is 8. The van der Waals surface area contributed by atoms with Crippen molar-refractivity contribution in [1.82, 2.24) is 0 Å². The smallest absolute Gasteiger partial charge is 0.151 e. The number of hydrogen-bond donors (Lipinski definition) is 0. The van der Waals surface area contributed by atoms with Gasteiger partial charge in [0.2, 0.25) is 0 Å². The minimum atomic E-state index is 0.0237. The van der Waals surface area contributed by atoms with E-state index in [0.717, 1.165) is 90.5 Å². The maximum absolute atomic E-state index is 9.94. The third kappa shape index (κ3) is 5.54. The first-order valence-corrected chi connectivity index (χ1v) is 18.9. The maximum atomic E-state index is 9.94. The predicted octanol–water partition coefficient (Wildman–Crippen LogP) is 14.2. The van der Waals surface area contributed by atoms with E-state index in [1.165, 1.54) is 0 Å². The fraction of sp³-hybridized carbons (Fsp3) is 0.120. The van der Waals surface area contributed by atoms with Gasteiger partial charge in [0.1, 0.15) is 0 Å². The van der Waals surface area contributed by atoms with E-state index in [-0.39, 0.29) is 11.8 Å². The summed E-state index contributed by atoms with van der Waals surface area (Å²) in [5, 5.41) is 19.9. The Bertz CT molecular complexity index is 2550. The van der Waals surface area contributed by atoms with Crippen LogP contribution in [0.2, 0.25) is 0 Å². The number of ether oxygens (including phenoxy) is 2. The zero-order valence-corrected chi connectivity index (χ0v) is 31.6. The Kier molecular flexibility index (Phi) is 8.53. The molecular weight excluding hydrogens is 689 g/mol. The van der Waals surface area contributed by atoms with Gasteiger partial charge in [-0.1, -0.05) is 100 Å². The Labute approximate surface area is 327 Å². The standard InChI is InChI=1S/C50H38N4O2/c1-31(2)45-47(35-25-21-33(29-51)22-26-35)50(54-39-15-7-11-19-43(39)56-44-20-12-8-16-40(44)54)48(36-27-23-34(30-52)24-28-36)46(32(3)4)49(45)53-37-13-5-9-17-41(37)55-42-18-10-6-14-38(42)53/h5-28,31-32H,1-4H3. The molecule has 0 aromatic heterocycles. The molecule has 0 radical (unpaired) electrons. The van der Waals surface area contributed by atoms with Crippen LogP contribution in [0.3, 0.4) is 0 Å². The largest absolute Gasteiger partial charge is 0.453 e. The van der Waals surface area contributed by atoms with E-state index < -0.39 is 0 Å². The molecule has 0 spiro atoms. The summed E-state index contributed by atoms with van der Waals surface area (Å²) < 4.78 is 13.2. The van der Waals surface area contributed by atoms with Crippen LogP contribution in [0.5, 0.6) is 23.0 Å². The Balaban J connectivity index is 1.54. The van der Waals surface area contributed by atoms with E-state index in [0.29, 0.717) is 11.1 Å². The summed E-state index contributed by atoms with van der Waals surface area (Å²) in [6.07, 6.45) is 0. The molecule has 7 aromatic rings. The first kappa shape index (κ1) is 34.5. The molecule has 56 heavy (non-hydrogen) atoms. The van der Waals surface area contributed by atoms with Gasteiger partial charge < -0.3 is 19.3 Å². The van der Waals surface area contributed by atoms with Crippen molar-refractivity contribution in [2.75, 3.05) is 9.80 Å². The third-order valence-electron chi connectivity index (χ3n) is 10.6. The highest BCUT2D eigenvalue weighted by molar-refractivity contribution is 6.07. The van der Waals surface area contributed by atoms with E-state index in [2.05, 4.69) is 122 Å². The highest BCUT2D eigenvalue weighted by Crippen LogP contribution is 2.62. The zero-order valence-electron chi connectivity index (χ0n) is 31.6. The van der Waals surface area contributed by atoms with Gasteiger partial charge in [-0.15, -0.1) is 0 Å². The molecule has 0 fully saturated rings. The molecule has 0 bridgehead atoms. The van der Waals surface area contributed by atoms with Crippen molar-refractivity contribution < 1.29 is 9.47 Å². The van der Waals surface area contributed by atoms with Crippen LogP contribution in [-0.4, -0.2) is 0 Å². The zero-order chi connectivity index (χ0) is 38.5.